The summed E-state index contributed by atoms with van der Waals surface area (Å²) in [5.74, 6) is -0.0654. The lowest BCUT2D eigenvalue weighted by Gasteiger charge is -2.28. The van der Waals surface area contributed by atoms with Crippen molar-refractivity contribution in [2.24, 2.45) is 0 Å². The minimum absolute atomic E-state index is 0.0654. The van der Waals surface area contributed by atoms with Crippen molar-refractivity contribution in [3.63, 3.8) is 0 Å². The van der Waals surface area contributed by atoms with E-state index < -0.39 is 6.10 Å². The number of amides is 1. The van der Waals surface area contributed by atoms with Crippen LogP contribution in [0.1, 0.15) is 48.0 Å². The molecule has 0 spiro atoms. The van der Waals surface area contributed by atoms with Crippen LogP contribution in [-0.2, 0) is 6.42 Å². The lowest BCUT2D eigenvalue weighted by atomic mass is 9.92. The fraction of sp³-hybridized carbons (Fsp3) is 0.562. The molecule has 20 heavy (non-hydrogen) atoms. The summed E-state index contributed by atoms with van der Waals surface area (Å²) in [5.41, 5.74) is 3.06. The lowest BCUT2D eigenvalue weighted by Crippen LogP contribution is -2.45. The largest absolute Gasteiger partial charge is 0.391 e. The summed E-state index contributed by atoms with van der Waals surface area (Å²) < 4.78 is 0. The molecule has 108 valence electrons. The predicted molar refractivity (Wildman–Crippen MR) is 79.0 cm³/mol. The Labute approximate surface area is 119 Å². The second kappa shape index (κ2) is 5.83. The van der Waals surface area contributed by atoms with Crippen molar-refractivity contribution >= 4 is 11.6 Å². The first-order valence-electron chi connectivity index (χ1n) is 7.60. The van der Waals surface area contributed by atoms with Gasteiger partial charge in [-0.25, -0.2) is 0 Å². The molecule has 2 atom stereocenters. The van der Waals surface area contributed by atoms with Gasteiger partial charge in [-0.15, -0.1) is 0 Å². The van der Waals surface area contributed by atoms with Crippen molar-refractivity contribution in [3.05, 3.63) is 29.3 Å². The summed E-state index contributed by atoms with van der Waals surface area (Å²) in [5, 5.41) is 16.3. The van der Waals surface area contributed by atoms with Gasteiger partial charge in [0.05, 0.1) is 12.1 Å². The van der Waals surface area contributed by atoms with Crippen LogP contribution in [0, 0.1) is 0 Å². The molecule has 0 saturated heterocycles. The predicted octanol–water partition coefficient (Wildman–Crippen LogP) is 2.08. The minimum Gasteiger partial charge on any atom is -0.391 e. The van der Waals surface area contributed by atoms with Crippen LogP contribution in [0.2, 0.25) is 0 Å². The van der Waals surface area contributed by atoms with Crippen LogP contribution < -0.4 is 10.6 Å². The van der Waals surface area contributed by atoms with Crippen LogP contribution in [-0.4, -0.2) is 29.7 Å². The van der Waals surface area contributed by atoms with Crippen molar-refractivity contribution in [2.75, 3.05) is 11.9 Å². The number of aryl methyl sites for hydroxylation is 1. The van der Waals surface area contributed by atoms with Gasteiger partial charge in [0.1, 0.15) is 0 Å². The van der Waals surface area contributed by atoms with E-state index in [9.17, 15) is 9.90 Å². The number of aliphatic hydroxyl groups is 1. The maximum Gasteiger partial charge on any atom is 0.251 e. The van der Waals surface area contributed by atoms with Gasteiger partial charge in [-0.3, -0.25) is 4.79 Å². The average molecular weight is 274 g/mol. The molecule has 1 amide bonds. The van der Waals surface area contributed by atoms with Crippen molar-refractivity contribution in [1.82, 2.24) is 5.32 Å². The van der Waals surface area contributed by atoms with Crippen molar-refractivity contribution in [3.8, 4) is 0 Å². The van der Waals surface area contributed by atoms with Crippen LogP contribution in [0.5, 0.6) is 0 Å². The third-order valence-electron chi connectivity index (χ3n) is 4.35. The highest BCUT2D eigenvalue weighted by Gasteiger charge is 2.25. The summed E-state index contributed by atoms with van der Waals surface area (Å²) >= 11 is 0. The highest BCUT2D eigenvalue weighted by Crippen LogP contribution is 2.23. The Morgan fingerprint density at radius 3 is 2.95 bits per heavy atom. The monoisotopic (exact) mass is 274 g/mol. The fourth-order valence-electron chi connectivity index (χ4n) is 3.15. The molecule has 0 aromatic heterocycles. The number of hydrogen-bond acceptors (Lipinski definition) is 3. The first kappa shape index (κ1) is 13.4. The highest BCUT2D eigenvalue weighted by atomic mass is 16.3. The Morgan fingerprint density at radius 1 is 1.25 bits per heavy atom. The topological polar surface area (TPSA) is 61.4 Å². The molecule has 3 rings (SSSR count). The van der Waals surface area contributed by atoms with Gasteiger partial charge in [0.15, 0.2) is 0 Å². The van der Waals surface area contributed by atoms with E-state index in [4.69, 9.17) is 0 Å². The van der Waals surface area contributed by atoms with E-state index >= 15 is 0 Å². The van der Waals surface area contributed by atoms with Gasteiger partial charge in [0, 0.05) is 17.8 Å². The first-order valence-corrected chi connectivity index (χ1v) is 7.60. The SMILES string of the molecule is O=C(N[C@H]1CCCC[C@@H]1O)c1ccc2c(c1)CCCN2. The van der Waals surface area contributed by atoms with Crippen molar-refractivity contribution in [2.45, 2.75) is 50.7 Å². The van der Waals surface area contributed by atoms with E-state index in [1.54, 1.807) is 0 Å². The van der Waals surface area contributed by atoms with Crippen LogP contribution in [0.4, 0.5) is 5.69 Å². The van der Waals surface area contributed by atoms with Gasteiger partial charge in [0.25, 0.3) is 5.91 Å². The Kier molecular flexibility index (Phi) is 3.92. The van der Waals surface area contributed by atoms with Gasteiger partial charge >= 0.3 is 0 Å². The van der Waals surface area contributed by atoms with Gasteiger partial charge in [-0.2, -0.15) is 0 Å². The molecule has 0 bridgehead atoms. The number of nitrogens with one attached hydrogen (secondary N) is 2. The second-order valence-corrected chi connectivity index (χ2v) is 5.83. The number of hydrogen-bond donors (Lipinski definition) is 3. The van der Waals surface area contributed by atoms with E-state index in [-0.39, 0.29) is 11.9 Å². The number of fused-ring (bicyclic) bond motifs is 1. The Balaban J connectivity index is 1.70. The minimum atomic E-state index is -0.396. The third kappa shape index (κ3) is 2.80. The maximum atomic E-state index is 12.3. The Hall–Kier alpha value is -1.55. The summed E-state index contributed by atoms with van der Waals surface area (Å²) in [7, 11) is 0. The van der Waals surface area contributed by atoms with Crippen LogP contribution in [0.15, 0.2) is 18.2 Å². The molecule has 4 nitrogen and oxygen atoms in total. The molecule has 1 aromatic rings. The van der Waals surface area contributed by atoms with E-state index in [1.807, 2.05) is 18.2 Å². The molecule has 0 radical (unpaired) electrons. The van der Waals surface area contributed by atoms with E-state index in [2.05, 4.69) is 10.6 Å². The quantitative estimate of drug-likeness (QED) is 0.774. The molecule has 1 aromatic carbocycles. The lowest BCUT2D eigenvalue weighted by molar-refractivity contribution is 0.0717. The first-order chi connectivity index (χ1) is 9.74. The number of carbonyl (C=O) groups is 1. The number of aliphatic hydroxyl groups excluding tert-OH is 1. The van der Waals surface area contributed by atoms with Crippen molar-refractivity contribution < 1.29 is 9.90 Å². The van der Waals surface area contributed by atoms with Crippen molar-refractivity contribution in [1.29, 1.82) is 0 Å². The van der Waals surface area contributed by atoms with E-state index in [0.29, 0.717) is 5.56 Å². The van der Waals surface area contributed by atoms with Gasteiger partial charge in [-0.1, -0.05) is 12.8 Å². The summed E-state index contributed by atoms with van der Waals surface area (Å²) in [6.07, 6.45) is 5.54. The number of benzene rings is 1. The summed E-state index contributed by atoms with van der Waals surface area (Å²) in [6, 6.07) is 5.74. The second-order valence-electron chi connectivity index (χ2n) is 5.83. The molecule has 1 saturated carbocycles. The maximum absolute atomic E-state index is 12.3. The smallest absolute Gasteiger partial charge is 0.251 e. The number of rotatable bonds is 2. The third-order valence-corrected chi connectivity index (χ3v) is 4.35. The molecule has 1 aliphatic heterocycles. The van der Waals surface area contributed by atoms with E-state index in [0.717, 1.165) is 50.8 Å². The highest BCUT2D eigenvalue weighted by molar-refractivity contribution is 5.95. The molecule has 1 aliphatic carbocycles. The molecule has 3 N–H and O–H groups in total. The van der Waals surface area contributed by atoms with Crippen LogP contribution in [0.3, 0.4) is 0 Å². The number of carbonyl (C=O) groups excluding carboxylic acids is 1. The van der Waals surface area contributed by atoms with E-state index in [1.165, 1.54) is 5.56 Å². The zero-order valence-electron chi connectivity index (χ0n) is 11.7. The fourth-order valence-corrected chi connectivity index (χ4v) is 3.15. The Bertz CT molecular complexity index is 501. The Morgan fingerprint density at radius 2 is 2.10 bits per heavy atom. The molecule has 1 heterocycles. The molecule has 4 heteroatoms. The molecule has 0 unspecified atom stereocenters. The van der Waals surface area contributed by atoms with Gasteiger partial charge < -0.3 is 15.7 Å². The zero-order chi connectivity index (χ0) is 13.9. The summed E-state index contributed by atoms with van der Waals surface area (Å²) in [4.78, 5) is 12.3. The molecular weight excluding hydrogens is 252 g/mol. The normalized spacial score (nSPS) is 25.4. The average Bonchev–Trinajstić information content (AvgIpc) is 2.49. The van der Waals surface area contributed by atoms with Gasteiger partial charge in [-0.05, 0) is 49.4 Å². The molecule has 2 aliphatic rings. The van der Waals surface area contributed by atoms with Gasteiger partial charge in [0.2, 0.25) is 0 Å². The standard InChI is InChI=1S/C16H22N2O2/c19-15-6-2-1-5-14(15)18-16(20)12-7-8-13-11(10-12)4-3-9-17-13/h7-8,10,14-15,17,19H,1-6,9H2,(H,18,20)/t14-,15-/m0/s1. The molecular formula is C16H22N2O2. The summed E-state index contributed by atoms with van der Waals surface area (Å²) in [6.45, 7) is 1.01. The zero-order valence-corrected chi connectivity index (χ0v) is 11.7. The number of anilines is 1. The van der Waals surface area contributed by atoms with Crippen LogP contribution >= 0.6 is 0 Å². The van der Waals surface area contributed by atoms with Crippen LogP contribution in [0.25, 0.3) is 0 Å². The molecule has 1 fully saturated rings.